The highest BCUT2D eigenvalue weighted by Gasteiger charge is 2.14. The molecule has 0 radical (unpaired) electrons. The Morgan fingerprint density at radius 1 is 1.30 bits per heavy atom. The predicted octanol–water partition coefficient (Wildman–Crippen LogP) is 2.64. The first kappa shape index (κ1) is 21.5. The third-order valence-electron chi connectivity index (χ3n) is 4.87. The molecule has 5 N–H and O–H groups in total. The van der Waals surface area contributed by atoms with Gasteiger partial charge in [0.1, 0.15) is 0 Å². The number of benzene rings is 1. The van der Waals surface area contributed by atoms with Crippen LogP contribution < -0.4 is 16.4 Å². The zero-order chi connectivity index (χ0) is 21.5. The number of allylic oxidation sites excluding steroid dienone is 3. The van der Waals surface area contributed by atoms with Crippen molar-refractivity contribution in [3.8, 4) is 11.3 Å². The van der Waals surface area contributed by atoms with Crippen molar-refractivity contribution >= 4 is 17.4 Å². The largest absolute Gasteiger partial charge is 0.370 e. The van der Waals surface area contributed by atoms with Gasteiger partial charge >= 0.3 is 0 Å². The molecule has 1 aliphatic carbocycles. The molecule has 0 aliphatic heterocycles. The molecule has 0 saturated heterocycles. The highest BCUT2D eigenvalue weighted by molar-refractivity contribution is 5.95. The first-order valence-electron chi connectivity index (χ1n) is 10.3. The SMILES string of the molecule is CC(C)NC(=O)c1cccc(-c2cc(C3=CCC(CNCCC(N)=O)C=C3)[nH]n2)c1. The van der Waals surface area contributed by atoms with E-state index in [2.05, 4.69) is 39.1 Å². The molecule has 0 spiro atoms. The number of rotatable bonds is 9. The fourth-order valence-corrected chi connectivity index (χ4v) is 3.30. The molecule has 1 unspecified atom stereocenters. The molecule has 0 bridgehead atoms. The molecule has 1 heterocycles. The van der Waals surface area contributed by atoms with Crippen LogP contribution in [0.3, 0.4) is 0 Å². The van der Waals surface area contributed by atoms with Gasteiger partial charge in [0.25, 0.3) is 5.91 Å². The van der Waals surface area contributed by atoms with Crippen LogP contribution in [0.4, 0.5) is 0 Å². The fourth-order valence-electron chi connectivity index (χ4n) is 3.30. The van der Waals surface area contributed by atoms with Crippen LogP contribution in [0.1, 0.15) is 42.7 Å². The number of aromatic amines is 1. The van der Waals surface area contributed by atoms with Crippen molar-refractivity contribution in [2.24, 2.45) is 11.7 Å². The lowest BCUT2D eigenvalue weighted by atomic mass is 9.95. The standard InChI is InChI=1S/C23H29N5O2/c1-15(2)26-23(30)19-5-3-4-18(12-19)21-13-20(27-28-21)17-8-6-16(7-9-17)14-25-11-10-22(24)29/h3-6,8-9,12-13,15-16,25H,7,10-11,14H2,1-2H3,(H2,24,29)(H,26,30)(H,27,28). The number of primary amides is 1. The summed E-state index contributed by atoms with van der Waals surface area (Å²) in [6.07, 6.45) is 7.71. The second kappa shape index (κ2) is 10.0. The number of carbonyl (C=O) groups is 2. The topological polar surface area (TPSA) is 113 Å². The summed E-state index contributed by atoms with van der Waals surface area (Å²) in [4.78, 5) is 23.0. The van der Waals surface area contributed by atoms with Gasteiger partial charge in [0, 0.05) is 36.7 Å². The van der Waals surface area contributed by atoms with E-state index >= 15 is 0 Å². The summed E-state index contributed by atoms with van der Waals surface area (Å²) in [5.41, 5.74) is 9.50. The summed E-state index contributed by atoms with van der Waals surface area (Å²) in [6.45, 7) is 5.30. The van der Waals surface area contributed by atoms with Crippen molar-refractivity contribution in [3.05, 3.63) is 59.8 Å². The molecule has 0 saturated carbocycles. The molecule has 3 rings (SSSR count). The Kier molecular flexibility index (Phi) is 7.19. The fraction of sp³-hybridized carbons (Fsp3) is 0.348. The maximum absolute atomic E-state index is 12.3. The number of carbonyl (C=O) groups excluding carboxylic acids is 2. The summed E-state index contributed by atoms with van der Waals surface area (Å²) < 4.78 is 0. The van der Waals surface area contributed by atoms with Crippen molar-refractivity contribution in [1.29, 1.82) is 0 Å². The van der Waals surface area contributed by atoms with E-state index < -0.39 is 0 Å². The normalized spacial score (nSPS) is 15.8. The first-order valence-corrected chi connectivity index (χ1v) is 10.3. The van der Waals surface area contributed by atoms with Gasteiger partial charge in [-0.05, 0) is 50.0 Å². The van der Waals surface area contributed by atoms with Crippen LogP contribution in [0.15, 0.2) is 48.6 Å². The summed E-state index contributed by atoms with van der Waals surface area (Å²) >= 11 is 0. The maximum Gasteiger partial charge on any atom is 0.251 e. The second-order valence-electron chi connectivity index (χ2n) is 7.81. The Morgan fingerprint density at radius 2 is 2.13 bits per heavy atom. The van der Waals surface area contributed by atoms with Crippen LogP contribution in [-0.2, 0) is 4.79 Å². The molecule has 7 nitrogen and oxygen atoms in total. The van der Waals surface area contributed by atoms with Crippen molar-refractivity contribution in [2.45, 2.75) is 32.7 Å². The lowest BCUT2D eigenvalue weighted by molar-refractivity contribution is -0.117. The molecule has 7 heteroatoms. The van der Waals surface area contributed by atoms with Gasteiger partial charge in [-0.2, -0.15) is 5.10 Å². The molecule has 1 atom stereocenters. The first-order chi connectivity index (χ1) is 14.4. The third kappa shape index (κ3) is 5.90. The number of hydrogen-bond donors (Lipinski definition) is 4. The average Bonchev–Trinajstić information content (AvgIpc) is 3.21. The zero-order valence-electron chi connectivity index (χ0n) is 17.4. The van der Waals surface area contributed by atoms with Crippen molar-refractivity contribution in [2.75, 3.05) is 13.1 Å². The Balaban J connectivity index is 1.61. The molecule has 2 amide bonds. The van der Waals surface area contributed by atoms with E-state index in [1.54, 1.807) is 6.07 Å². The van der Waals surface area contributed by atoms with Crippen molar-refractivity contribution < 1.29 is 9.59 Å². The maximum atomic E-state index is 12.3. The summed E-state index contributed by atoms with van der Waals surface area (Å²) in [5.74, 6) is 0.0150. The van der Waals surface area contributed by atoms with Crippen LogP contribution in [0.5, 0.6) is 0 Å². The Bertz CT molecular complexity index is 958. The van der Waals surface area contributed by atoms with E-state index in [9.17, 15) is 9.59 Å². The van der Waals surface area contributed by atoms with Gasteiger partial charge in [-0.3, -0.25) is 14.7 Å². The summed E-state index contributed by atoms with van der Waals surface area (Å²) in [5, 5.41) is 13.7. The predicted molar refractivity (Wildman–Crippen MR) is 119 cm³/mol. The van der Waals surface area contributed by atoms with Gasteiger partial charge in [-0.25, -0.2) is 0 Å². The minimum atomic E-state index is -0.287. The number of amides is 2. The van der Waals surface area contributed by atoms with Crippen molar-refractivity contribution in [1.82, 2.24) is 20.8 Å². The monoisotopic (exact) mass is 407 g/mol. The van der Waals surface area contributed by atoms with Crippen LogP contribution in [0, 0.1) is 5.92 Å². The summed E-state index contributed by atoms with van der Waals surface area (Å²) in [7, 11) is 0. The number of hydrogen-bond acceptors (Lipinski definition) is 4. The smallest absolute Gasteiger partial charge is 0.251 e. The second-order valence-corrected chi connectivity index (χ2v) is 7.81. The third-order valence-corrected chi connectivity index (χ3v) is 4.87. The van der Waals surface area contributed by atoms with Gasteiger partial charge in [0.05, 0.1) is 11.4 Å². The molecule has 2 aromatic rings. The minimum Gasteiger partial charge on any atom is -0.370 e. The Labute approximate surface area is 176 Å². The molecule has 1 aliphatic rings. The van der Waals surface area contributed by atoms with Gasteiger partial charge < -0.3 is 16.4 Å². The van der Waals surface area contributed by atoms with E-state index in [1.165, 1.54) is 0 Å². The van der Waals surface area contributed by atoms with Gasteiger partial charge in [-0.1, -0.05) is 30.4 Å². The van der Waals surface area contributed by atoms with Gasteiger partial charge in [-0.15, -0.1) is 0 Å². The minimum absolute atomic E-state index is 0.0870. The van der Waals surface area contributed by atoms with Gasteiger partial charge in [0.2, 0.25) is 5.91 Å². The Morgan fingerprint density at radius 3 is 2.83 bits per heavy atom. The van der Waals surface area contributed by atoms with E-state index in [1.807, 2.05) is 38.1 Å². The molecule has 30 heavy (non-hydrogen) atoms. The van der Waals surface area contributed by atoms with Crippen LogP contribution in [-0.4, -0.2) is 41.1 Å². The van der Waals surface area contributed by atoms with E-state index in [0.29, 0.717) is 24.4 Å². The van der Waals surface area contributed by atoms with E-state index in [4.69, 9.17) is 5.73 Å². The van der Waals surface area contributed by atoms with E-state index in [-0.39, 0.29) is 17.9 Å². The summed E-state index contributed by atoms with van der Waals surface area (Å²) in [6, 6.07) is 9.57. The quantitative estimate of drug-likeness (QED) is 0.479. The average molecular weight is 408 g/mol. The zero-order valence-corrected chi connectivity index (χ0v) is 17.4. The highest BCUT2D eigenvalue weighted by atomic mass is 16.2. The van der Waals surface area contributed by atoms with Crippen LogP contribution in [0.2, 0.25) is 0 Å². The van der Waals surface area contributed by atoms with Crippen LogP contribution >= 0.6 is 0 Å². The lowest BCUT2D eigenvalue weighted by Gasteiger charge is -2.16. The van der Waals surface area contributed by atoms with Gasteiger partial charge in [0.15, 0.2) is 0 Å². The molecular weight excluding hydrogens is 378 g/mol. The number of aromatic nitrogens is 2. The molecular formula is C23H29N5O2. The highest BCUT2D eigenvalue weighted by Crippen LogP contribution is 2.26. The number of nitrogens with two attached hydrogens (primary N) is 1. The molecule has 0 fully saturated rings. The van der Waals surface area contributed by atoms with E-state index in [0.717, 1.165) is 35.5 Å². The lowest BCUT2D eigenvalue weighted by Crippen LogP contribution is -2.30. The Hall–Kier alpha value is -3.19. The van der Waals surface area contributed by atoms with Crippen LogP contribution in [0.25, 0.3) is 16.8 Å². The molecule has 1 aromatic carbocycles. The molecule has 1 aromatic heterocycles. The van der Waals surface area contributed by atoms with Crippen molar-refractivity contribution in [3.63, 3.8) is 0 Å². The number of H-pyrrole nitrogens is 1. The molecule has 158 valence electrons. The number of nitrogens with one attached hydrogen (secondary N) is 3. The number of nitrogens with zero attached hydrogens (tertiary/aromatic N) is 1.